The van der Waals surface area contributed by atoms with E-state index in [2.05, 4.69) is 15.2 Å². The predicted molar refractivity (Wildman–Crippen MR) is 106 cm³/mol. The van der Waals surface area contributed by atoms with Crippen LogP contribution >= 0.6 is 12.4 Å². The van der Waals surface area contributed by atoms with Crippen molar-refractivity contribution in [1.82, 2.24) is 15.2 Å². The maximum Gasteiger partial charge on any atom is 0.265 e. The third kappa shape index (κ3) is 4.49. The molecule has 0 aliphatic carbocycles. The lowest BCUT2D eigenvalue weighted by Gasteiger charge is -2.26. The normalized spacial score (nSPS) is 14.4. The number of benzene rings is 1. The zero-order valence-corrected chi connectivity index (χ0v) is 16.6. The Kier molecular flexibility index (Phi) is 7.50. The topological polar surface area (TPSA) is 113 Å². The summed E-state index contributed by atoms with van der Waals surface area (Å²) in [5.74, 6) is -0.231. The van der Waals surface area contributed by atoms with Crippen molar-refractivity contribution in [2.45, 2.75) is 0 Å². The minimum Gasteiger partial charge on any atom is -0.506 e. The van der Waals surface area contributed by atoms with Gasteiger partial charge in [0.1, 0.15) is 11.3 Å². The van der Waals surface area contributed by atoms with E-state index in [1.54, 1.807) is 0 Å². The summed E-state index contributed by atoms with van der Waals surface area (Å²) in [5, 5.41) is 13.5. The number of hydrogen-bond acceptors (Lipinski definition) is 7. The third-order valence-corrected chi connectivity index (χ3v) is 4.54. The van der Waals surface area contributed by atoms with Crippen LogP contribution in [0, 0.1) is 0 Å². The number of fused-ring (bicyclic) bond motifs is 1. The smallest absolute Gasteiger partial charge is 0.265 e. The van der Waals surface area contributed by atoms with Crippen LogP contribution in [0.15, 0.2) is 16.9 Å². The maximum absolute atomic E-state index is 12.5. The van der Waals surface area contributed by atoms with E-state index in [0.29, 0.717) is 48.7 Å². The highest BCUT2D eigenvalue weighted by Gasteiger charge is 2.21. The molecule has 2 heterocycles. The molecule has 0 bridgehead atoms. The maximum atomic E-state index is 12.5. The highest BCUT2D eigenvalue weighted by Crippen LogP contribution is 2.35. The number of aromatic nitrogens is 1. The average molecular weight is 414 g/mol. The van der Waals surface area contributed by atoms with Crippen molar-refractivity contribution in [1.29, 1.82) is 0 Å². The van der Waals surface area contributed by atoms with Gasteiger partial charge in [-0.25, -0.2) is 0 Å². The lowest BCUT2D eigenvalue weighted by molar-refractivity contribution is 0.0383. The van der Waals surface area contributed by atoms with E-state index < -0.39 is 17.2 Å². The Labute approximate surface area is 168 Å². The summed E-state index contributed by atoms with van der Waals surface area (Å²) in [6, 6.07) is 3.05. The van der Waals surface area contributed by atoms with Gasteiger partial charge in [0.05, 0.1) is 33.0 Å². The number of halogens is 1. The summed E-state index contributed by atoms with van der Waals surface area (Å²) >= 11 is 0. The fraction of sp³-hybridized carbons (Fsp3) is 0.444. The highest BCUT2D eigenvalue weighted by atomic mass is 35.5. The highest BCUT2D eigenvalue weighted by molar-refractivity contribution is 6.02. The molecule has 3 rings (SSSR count). The van der Waals surface area contributed by atoms with Crippen LogP contribution in [0.2, 0.25) is 0 Å². The van der Waals surface area contributed by atoms with Gasteiger partial charge < -0.3 is 29.6 Å². The Bertz CT molecular complexity index is 895. The molecule has 28 heavy (non-hydrogen) atoms. The Morgan fingerprint density at radius 2 is 1.89 bits per heavy atom. The molecule has 10 heteroatoms. The Balaban J connectivity index is 0.00000280. The molecule has 0 spiro atoms. The van der Waals surface area contributed by atoms with Crippen LogP contribution in [-0.2, 0) is 4.74 Å². The molecule has 0 radical (unpaired) electrons. The molecule has 2 aromatic rings. The molecule has 1 aromatic heterocycles. The molecule has 3 N–H and O–H groups in total. The quantitative estimate of drug-likeness (QED) is 0.640. The van der Waals surface area contributed by atoms with Gasteiger partial charge in [-0.15, -0.1) is 12.4 Å². The SMILES string of the molecule is COc1cc2[nH]c(=O)c(C(=O)NCCN3CCOCC3)c(O)c2cc1OC.Cl. The second-order valence-electron chi connectivity index (χ2n) is 6.14. The van der Waals surface area contributed by atoms with Crippen molar-refractivity contribution >= 4 is 29.2 Å². The fourth-order valence-corrected chi connectivity index (χ4v) is 3.06. The van der Waals surface area contributed by atoms with Crippen molar-refractivity contribution in [3.05, 3.63) is 28.0 Å². The molecule has 0 atom stereocenters. The second kappa shape index (κ2) is 9.63. The lowest BCUT2D eigenvalue weighted by atomic mass is 10.1. The Hall–Kier alpha value is -2.49. The summed E-state index contributed by atoms with van der Waals surface area (Å²) < 4.78 is 15.7. The number of H-pyrrole nitrogens is 1. The van der Waals surface area contributed by atoms with Crippen molar-refractivity contribution in [2.75, 3.05) is 53.6 Å². The monoisotopic (exact) mass is 413 g/mol. The van der Waals surface area contributed by atoms with E-state index in [1.807, 2.05) is 0 Å². The zero-order valence-electron chi connectivity index (χ0n) is 15.7. The van der Waals surface area contributed by atoms with E-state index in [1.165, 1.54) is 26.4 Å². The summed E-state index contributed by atoms with van der Waals surface area (Å²) in [7, 11) is 2.93. The van der Waals surface area contributed by atoms with Crippen LogP contribution in [0.4, 0.5) is 0 Å². The molecule has 9 nitrogen and oxygen atoms in total. The number of nitrogens with zero attached hydrogens (tertiary/aromatic N) is 1. The van der Waals surface area contributed by atoms with Gasteiger partial charge >= 0.3 is 0 Å². The largest absolute Gasteiger partial charge is 0.506 e. The third-order valence-electron chi connectivity index (χ3n) is 4.54. The van der Waals surface area contributed by atoms with Crippen LogP contribution in [0.5, 0.6) is 17.2 Å². The molecule has 1 amide bonds. The molecule has 154 valence electrons. The first kappa shape index (κ1) is 21.8. The number of morpholine rings is 1. The van der Waals surface area contributed by atoms with Crippen molar-refractivity contribution < 1.29 is 24.1 Å². The fourth-order valence-electron chi connectivity index (χ4n) is 3.06. The first-order valence-electron chi connectivity index (χ1n) is 8.64. The van der Waals surface area contributed by atoms with Gasteiger partial charge in [0.15, 0.2) is 11.5 Å². The molecule has 1 fully saturated rings. The minimum absolute atomic E-state index is 0. The van der Waals surface area contributed by atoms with Crippen molar-refractivity contribution in [3.63, 3.8) is 0 Å². The van der Waals surface area contributed by atoms with Crippen LogP contribution < -0.4 is 20.3 Å². The number of hydrogen-bond donors (Lipinski definition) is 3. The van der Waals surface area contributed by atoms with Gasteiger partial charge in [-0.1, -0.05) is 0 Å². The van der Waals surface area contributed by atoms with E-state index in [9.17, 15) is 14.7 Å². The van der Waals surface area contributed by atoms with Crippen molar-refractivity contribution in [3.8, 4) is 17.2 Å². The van der Waals surface area contributed by atoms with Gasteiger partial charge in [0.2, 0.25) is 0 Å². The van der Waals surface area contributed by atoms with E-state index in [0.717, 1.165) is 13.1 Å². The molecular weight excluding hydrogens is 390 g/mol. The summed E-state index contributed by atoms with van der Waals surface area (Å²) in [4.78, 5) is 29.6. The standard InChI is InChI=1S/C18H23N3O6.ClH/c1-25-13-9-11-12(10-14(13)26-2)20-18(24)15(16(11)22)17(23)19-3-4-21-5-7-27-8-6-21;/h9-10H,3-8H2,1-2H3,(H,19,23)(H2,20,22,24);1H. The molecule has 1 saturated heterocycles. The summed E-state index contributed by atoms with van der Waals surface area (Å²) in [5.41, 5.74) is -0.646. The van der Waals surface area contributed by atoms with Gasteiger partial charge in [0.25, 0.3) is 11.5 Å². The van der Waals surface area contributed by atoms with Crippen LogP contribution in [0.3, 0.4) is 0 Å². The van der Waals surface area contributed by atoms with Gasteiger partial charge in [0, 0.05) is 37.6 Å². The van der Waals surface area contributed by atoms with E-state index >= 15 is 0 Å². The van der Waals surface area contributed by atoms with E-state index in [4.69, 9.17) is 14.2 Å². The van der Waals surface area contributed by atoms with Gasteiger partial charge in [-0.3, -0.25) is 14.5 Å². The molecule has 0 unspecified atom stereocenters. The minimum atomic E-state index is -0.670. The zero-order chi connectivity index (χ0) is 19.4. The second-order valence-corrected chi connectivity index (χ2v) is 6.14. The number of aromatic hydroxyl groups is 1. The number of rotatable bonds is 6. The number of carbonyl (C=O) groups is 1. The number of aromatic amines is 1. The first-order chi connectivity index (χ1) is 13.0. The Morgan fingerprint density at radius 1 is 1.25 bits per heavy atom. The van der Waals surface area contributed by atoms with Crippen molar-refractivity contribution in [2.24, 2.45) is 0 Å². The van der Waals surface area contributed by atoms with Crippen LogP contribution in [0.1, 0.15) is 10.4 Å². The van der Waals surface area contributed by atoms with Crippen LogP contribution in [-0.4, -0.2) is 74.5 Å². The number of pyridine rings is 1. The number of carbonyl (C=O) groups excluding carboxylic acids is 1. The predicted octanol–water partition coefficient (Wildman–Crippen LogP) is 0.735. The molecule has 0 saturated carbocycles. The number of methoxy groups -OCH3 is 2. The first-order valence-corrected chi connectivity index (χ1v) is 8.64. The molecular formula is C18H24ClN3O6. The summed E-state index contributed by atoms with van der Waals surface area (Å²) in [6.07, 6.45) is 0. The van der Waals surface area contributed by atoms with Gasteiger partial charge in [-0.2, -0.15) is 0 Å². The molecule has 1 aromatic carbocycles. The lowest BCUT2D eigenvalue weighted by Crippen LogP contribution is -2.42. The summed E-state index contributed by atoms with van der Waals surface area (Å²) in [6.45, 7) is 3.96. The molecule has 1 aliphatic heterocycles. The Morgan fingerprint density at radius 3 is 2.54 bits per heavy atom. The van der Waals surface area contributed by atoms with Crippen LogP contribution in [0.25, 0.3) is 10.9 Å². The average Bonchev–Trinajstić information content (AvgIpc) is 2.68. The molecule has 1 aliphatic rings. The number of nitrogens with one attached hydrogen (secondary N) is 2. The number of ether oxygens (including phenoxy) is 3. The van der Waals surface area contributed by atoms with E-state index in [-0.39, 0.29) is 18.0 Å². The van der Waals surface area contributed by atoms with Gasteiger partial charge in [-0.05, 0) is 6.07 Å². The number of amides is 1.